The molecule has 0 aliphatic rings. The van der Waals surface area contributed by atoms with Gasteiger partial charge in [-0.15, -0.1) is 0 Å². The molecule has 0 aliphatic carbocycles. The molecule has 0 rings (SSSR count). The van der Waals surface area contributed by atoms with Gasteiger partial charge in [-0.3, -0.25) is 0 Å². The molecule has 0 aromatic heterocycles. The molecule has 0 aliphatic heterocycles. The number of aliphatic carboxylic acids is 2. The van der Waals surface area contributed by atoms with E-state index in [-0.39, 0.29) is 23.6 Å². The highest BCUT2D eigenvalue weighted by molar-refractivity contribution is 5.88. The number of likely N-dealkylation sites (N-methyl/N-ethyl adjacent to an activating group) is 1. The molecule has 0 aromatic rings. The predicted molar refractivity (Wildman–Crippen MR) is 108 cm³/mol. The summed E-state index contributed by atoms with van der Waals surface area (Å²) in [5.41, 5.74) is 0.693. The van der Waals surface area contributed by atoms with Crippen LogP contribution in [0.3, 0.4) is 0 Å². The number of hydrogen-bond acceptors (Lipinski definition) is 5. The molecule has 28 heavy (non-hydrogen) atoms. The molecule has 0 fully saturated rings. The fourth-order valence-electron chi connectivity index (χ4n) is 2.36. The fraction of sp³-hybridized carbons (Fsp3) is 0.571. The van der Waals surface area contributed by atoms with Crippen LogP contribution in [0.4, 0.5) is 0 Å². The molecule has 0 radical (unpaired) electrons. The number of allylic oxidation sites excluding steroid dienone is 1. The van der Waals surface area contributed by atoms with E-state index in [2.05, 4.69) is 6.92 Å². The van der Waals surface area contributed by atoms with Crippen LogP contribution in [-0.2, 0) is 19.1 Å². The number of nitrogens with zero attached hydrogens (tertiary/aromatic N) is 1. The van der Waals surface area contributed by atoms with Gasteiger partial charge in [0.2, 0.25) is 0 Å². The molecule has 0 saturated heterocycles. The molecular weight excluding hydrogens is 362 g/mol. The zero-order valence-electron chi connectivity index (χ0n) is 17.7. The number of carboxylic acid groups (broad SMARTS) is 2. The Morgan fingerprint density at radius 2 is 1.50 bits per heavy atom. The van der Waals surface area contributed by atoms with Crippen molar-refractivity contribution >= 4 is 17.9 Å². The molecule has 0 saturated carbocycles. The Morgan fingerprint density at radius 3 is 1.96 bits per heavy atom. The van der Waals surface area contributed by atoms with E-state index in [4.69, 9.17) is 14.9 Å². The lowest BCUT2D eigenvalue weighted by molar-refractivity contribution is -0.143. The van der Waals surface area contributed by atoms with Crippen LogP contribution in [0.5, 0.6) is 0 Å². The molecule has 7 heteroatoms. The fourth-order valence-corrected chi connectivity index (χ4v) is 2.36. The third-order valence-electron chi connectivity index (χ3n) is 4.28. The van der Waals surface area contributed by atoms with Gasteiger partial charge in [0.15, 0.2) is 0 Å². The van der Waals surface area contributed by atoms with E-state index in [0.717, 1.165) is 19.3 Å². The summed E-state index contributed by atoms with van der Waals surface area (Å²) in [5.74, 6) is -2.64. The molecule has 7 nitrogen and oxygen atoms in total. The average molecular weight is 395 g/mol. The largest absolute Gasteiger partial charge is 0.478 e. The quantitative estimate of drug-likeness (QED) is 0.296. The Hall–Kier alpha value is -2.41. The molecule has 0 bridgehead atoms. The first kappa shape index (κ1) is 25.6. The number of hydrogen-bond donors (Lipinski definition) is 2. The first-order chi connectivity index (χ1) is 13.0. The van der Waals surface area contributed by atoms with Crippen LogP contribution in [0.15, 0.2) is 34.9 Å². The van der Waals surface area contributed by atoms with Gasteiger partial charge >= 0.3 is 17.9 Å². The van der Waals surface area contributed by atoms with E-state index in [0.29, 0.717) is 5.57 Å². The van der Waals surface area contributed by atoms with Crippen LogP contribution < -0.4 is 0 Å². The SMILES string of the molecule is CCCCC=C(C)C(=O)OC(C=C(C)C(=O)O)CC(C=C(C)C(=O)O)N(C)C. The zero-order valence-corrected chi connectivity index (χ0v) is 17.7. The second-order valence-corrected chi connectivity index (χ2v) is 7.05. The monoisotopic (exact) mass is 395 g/mol. The van der Waals surface area contributed by atoms with E-state index in [1.165, 1.54) is 19.9 Å². The van der Waals surface area contributed by atoms with Crippen molar-refractivity contribution in [1.82, 2.24) is 4.90 Å². The third-order valence-corrected chi connectivity index (χ3v) is 4.28. The summed E-state index contributed by atoms with van der Waals surface area (Å²) in [6.07, 6.45) is 6.95. The first-order valence-corrected chi connectivity index (χ1v) is 9.37. The van der Waals surface area contributed by atoms with Crippen molar-refractivity contribution in [3.63, 3.8) is 0 Å². The van der Waals surface area contributed by atoms with E-state index >= 15 is 0 Å². The number of esters is 1. The van der Waals surface area contributed by atoms with Gasteiger partial charge in [-0.25, -0.2) is 14.4 Å². The van der Waals surface area contributed by atoms with E-state index < -0.39 is 24.0 Å². The number of carbonyl (C=O) groups excluding carboxylic acids is 1. The molecule has 0 aromatic carbocycles. The summed E-state index contributed by atoms with van der Waals surface area (Å²) in [6, 6.07) is -0.351. The normalized spacial score (nSPS) is 15.3. The van der Waals surface area contributed by atoms with Gasteiger partial charge in [0.05, 0.1) is 0 Å². The lowest BCUT2D eigenvalue weighted by Crippen LogP contribution is -2.32. The van der Waals surface area contributed by atoms with Crippen molar-refractivity contribution in [2.45, 2.75) is 65.5 Å². The molecule has 158 valence electrons. The van der Waals surface area contributed by atoms with Crippen molar-refractivity contribution in [1.29, 1.82) is 0 Å². The van der Waals surface area contributed by atoms with Crippen LogP contribution in [0.2, 0.25) is 0 Å². The maximum Gasteiger partial charge on any atom is 0.333 e. The minimum absolute atomic E-state index is 0.0573. The standard InChI is InChI=1S/C21H33NO6/c1-7-8-9-10-14(2)21(27)28-18(12-16(4)20(25)26)13-17(22(5)6)11-15(3)19(23)24/h10-12,17-18H,7-9,13H2,1-6H3,(H,23,24)(H,25,26). The number of rotatable bonds is 12. The Bertz CT molecular complexity index is 645. The Morgan fingerprint density at radius 1 is 0.964 bits per heavy atom. The van der Waals surface area contributed by atoms with Crippen LogP contribution >= 0.6 is 0 Å². The van der Waals surface area contributed by atoms with Crippen LogP contribution in [-0.4, -0.2) is 59.3 Å². The van der Waals surface area contributed by atoms with Gasteiger partial charge < -0.3 is 19.8 Å². The van der Waals surface area contributed by atoms with Gasteiger partial charge in [0.1, 0.15) is 6.10 Å². The lowest BCUT2D eigenvalue weighted by Gasteiger charge is -2.25. The summed E-state index contributed by atoms with van der Waals surface area (Å²) in [7, 11) is 3.55. The van der Waals surface area contributed by atoms with Gasteiger partial charge in [0.25, 0.3) is 0 Å². The smallest absolute Gasteiger partial charge is 0.333 e. The van der Waals surface area contributed by atoms with Crippen LogP contribution in [0.25, 0.3) is 0 Å². The number of carbonyl (C=O) groups is 3. The molecular formula is C21H33NO6. The molecule has 0 spiro atoms. The van der Waals surface area contributed by atoms with E-state index in [1.54, 1.807) is 32.0 Å². The molecule has 2 unspecified atom stereocenters. The number of ether oxygens (including phenoxy) is 1. The second kappa shape index (κ2) is 12.9. The minimum Gasteiger partial charge on any atom is -0.478 e. The molecule has 0 heterocycles. The molecule has 2 atom stereocenters. The Balaban J connectivity index is 5.57. The summed E-state index contributed by atoms with van der Waals surface area (Å²) in [5, 5.41) is 18.3. The number of carboxylic acids is 2. The van der Waals surface area contributed by atoms with Crippen LogP contribution in [0, 0.1) is 0 Å². The van der Waals surface area contributed by atoms with Gasteiger partial charge in [-0.1, -0.05) is 31.9 Å². The van der Waals surface area contributed by atoms with Gasteiger partial charge in [0, 0.05) is 29.2 Å². The first-order valence-electron chi connectivity index (χ1n) is 9.37. The van der Waals surface area contributed by atoms with E-state index in [1.807, 2.05) is 6.08 Å². The highest BCUT2D eigenvalue weighted by Gasteiger charge is 2.21. The molecule has 0 amide bonds. The van der Waals surface area contributed by atoms with Crippen molar-refractivity contribution in [2.24, 2.45) is 0 Å². The lowest BCUT2D eigenvalue weighted by atomic mass is 10.0. The summed E-state index contributed by atoms with van der Waals surface area (Å²) in [6.45, 7) is 6.64. The van der Waals surface area contributed by atoms with Crippen LogP contribution in [0.1, 0.15) is 53.4 Å². The second-order valence-electron chi connectivity index (χ2n) is 7.05. The van der Waals surface area contributed by atoms with E-state index in [9.17, 15) is 14.4 Å². The third kappa shape index (κ3) is 10.1. The highest BCUT2D eigenvalue weighted by Crippen LogP contribution is 2.16. The Kier molecular flexibility index (Phi) is 11.8. The topological polar surface area (TPSA) is 104 Å². The maximum absolute atomic E-state index is 12.4. The predicted octanol–water partition coefficient (Wildman–Crippen LogP) is 3.42. The van der Waals surface area contributed by atoms with Crippen molar-refractivity contribution < 1.29 is 29.3 Å². The van der Waals surface area contributed by atoms with Crippen molar-refractivity contribution in [3.8, 4) is 0 Å². The van der Waals surface area contributed by atoms with Gasteiger partial charge in [-0.2, -0.15) is 0 Å². The minimum atomic E-state index is -1.10. The highest BCUT2D eigenvalue weighted by atomic mass is 16.5. The summed E-state index contributed by atoms with van der Waals surface area (Å²) >= 11 is 0. The van der Waals surface area contributed by atoms with Crippen molar-refractivity contribution in [3.05, 3.63) is 34.9 Å². The van der Waals surface area contributed by atoms with Crippen molar-refractivity contribution in [2.75, 3.05) is 14.1 Å². The molecule has 2 N–H and O–H groups in total. The Labute approximate surface area is 167 Å². The zero-order chi connectivity index (χ0) is 21.9. The maximum atomic E-state index is 12.4. The van der Waals surface area contributed by atoms with Gasteiger partial charge in [-0.05, 0) is 47.4 Å². The average Bonchev–Trinajstić information content (AvgIpc) is 2.60. The summed E-state index contributed by atoms with van der Waals surface area (Å²) in [4.78, 5) is 36.5. The number of unbranched alkanes of at least 4 members (excludes halogenated alkanes) is 2. The summed E-state index contributed by atoms with van der Waals surface area (Å²) < 4.78 is 5.54.